The van der Waals surface area contributed by atoms with Crippen LogP contribution in [0.2, 0.25) is 0 Å². The molecule has 0 bridgehead atoms. The van der Waals surface area contributed by atoms with Crippen LogP contribution < -0.4 is 0 Å². The standard InChI is InChI=1S/Hf.La.O.Zr. The molecule has 0 atom stereocenters. The van der Waals surface area contributed by atoms with Crippen LogP contribution in [0, 0.1) is 35.6 Å². The van der Waals surface area contributed by atoms with Crippen molar-refractivity contribution in [2.45, 2.75) is 0 Å². The molecule has 0 saturated carbocycles. The molecule has 0 fully saturated rings. The predicted octanol–water partition coefficient (Wildman–Crippen LogP) is -0.124. The number of rotatable bonds is 0. The van der Waals surface area contributed by atoms with Gasteiger partial charge in [0.15, 0.2) is 0 Å². The molecule has 0 aromatic heterocycles. The van der Waals surface area contributed by atoms with Gasteiger partial charge in [0.2, 0.25) is 0 Å². The molecule has 0 N–H and O–H groups in total. The summed E-state index contributed by atoms with van der Waals surface area (Å²) in [6, 6.07) is 0. The first-order valence-electron chi connectivity index (χ1n) is 0.204. The Labute approximate surface area is 87.0 Å². The summed E-state index contributed by atoms with van der Waals surface area (Å²) in [6.45, 7) is 0. The number of hydrogen-bond donors (Lipinski definition) is 0. The molecular weight excluding hydrogens is 425 g/mol. The molecule has 4 heteroatoms. The fourth-order valence-electron chi connectivity index (χ4n) is 0. The average Bonchev–Trinajstić information content (AvgIpc) is 1.00. The zero-order chi connectivity index (χ0) is 2.00. The fourth-order valence-corrected chi connectivity index (χ4v) is 0. The van der Waals surface area contributed by atoms with Crippen molar-refractivity contribution in [3.8, 4) is 0 Å². The van der Waals surface area contributed by atoms with E-state index in [-0.39, 0.29) is 61.4 Å². The van der Waals surface area contributed by atoms with Gasteiger partial charge in [0.1, 0.15) is 0 Å². The Morgan fingerprint density at radius 2 is 1.25 bits per heavy atom. The third kappa shape index (κ3) is 8.83. The van der Waals surface area contributed by atoms with Crippen LogP contribution in [-0.2, 0) is 53.4 Å². The molecule has 0 spiro atoms. The molecule has 1 nitrogen and oxygen atoms in total. The summed E-state index contributed by atoms with van der Waals surface area (Å²) in [5, 5.41) is 0. The van der Waals surface area contributed by atoms with Crippen molar-refractivity contribution in [1.29, 1.82) is 0 Å². The Kier molecular flexibility index (Phi) is 68.1. The van der Waals surface area contributed by atoms with Crippen molar-refractivity contribution in [2.75, 3.05) is 0 Å². The van der Waals surface area contributed by atoms with Crippen molar-refractivity contribution in [1.82, 2.24) is 0 Å². The molecule has 0 aromatic rings. The van der Waals surface area contributed by atoms with Crippen LogP contribution in [0.1, 0.15) is 0 Å². The molecule has 0 amide bonds. The summed E-state index contributed by atoms with van der Waals surface area (Å²) in [4.78, 5) is 0. The maximum absolute atomic E-state index is 8.34. The minimum absolute atomic E-state index is 0. The molecular formula is HfLaOZr. The molecule has 17 valence electrons. The second-order valence-corrected chi connectivity index (χ2v) is 0. The Morgan fingerprint density at radius 3 is 1.25 bits per heavy atom. The second-order valence-electron chi connectivity index (χ2n) is 0. The predicted molar refractivity (Wildman–Crippen MR) is 0.686 cm³/mol. The van der Waals surface area contributed by atoms with Gasteiger partial charge in [-0.2, -0.15) is 0 Å². The SMILES string of the molecule is [Hf].[La].[O]=[Zr]. The van der Waals surface area contributed by atoms with E-state index in [0.29, 0.717) is 24.7 Å². The molecule has 0 unspecified atom stereocenters. The third-order valence-electron chi connectivity index (χ3n) is 0. The monoisotopic (exact) mass is 425 g/mol. The normalized spacial score (nSPS) is 0.750. The Balaban J connectivity index is -0.00000000500. The zero-order valence-electron chi connectivity index (χ0n) is 1.99. The first kappa shape index (κ1) is 15.9. The maximum atomic E-state index is 8.34. The number of hydrogen-bond acceptors (Lipinski definition) is 1. The molecule has 4 heavy (non-hydrogen) atoms. The first-order valence-corrected chi connectivity index (χ1v) is 1.21. The summed E-state index contributed by atoms with van der Waals surface area (Å²) >= 11 is 0.300. The van der Waals surface area contributed by atoms with Gasteiger partial charge in [-0.25, -0.2) is 0 Å². The van der Waals surface area contributed by atoms with Gasteiger partial charge >= 0.3 is 27.5 Å². The van der Waals surface area contributed by atoms with Crippen molar-refractivity contribution in [2.24, 2.45) is 0 Å². The fraction of sp³-hybridized carbons (Fsp3) is 0. The summed E-state index contributed by atoms with van der Waals surface area (Å²) in [5.41, 5.74) is 0. The van der Waals surface area contributed by atoms with Crippen molar-refractivity contribution in [3.63, 3.8) is 0 Å². The minimum atomic E-state index is 0. The Hall–Kier alpha value is 2.75. The van der Waals surface area contributed by atoms with E-state index in [0.717, 1.165) is 0 Å². The van der Waals surface area contributed by atoms with E-state index in [1.54, 1.807) is 0 Å². The van der Waals surface area contributed by atoms with Gasteiger partial charge in [-0.3, -0.25) is 0 Å². The quantitative estimate of drug-likeness (QED) is 0.496. The molecule has 0 heterocycles. The molecule has 0 aromatic carbocycles. The average molecular weight is 425 g/mol. The second kappa shape index (κ2) is 17.2. The summed E-state index contributed by atoms with van der Waals surface area (Å²) in [7, 11) is 0. The van der Waals surface area contributed by atoms with Gasteiger partial charge in [-0.1, -0.05) is 0 Å². The van der Waals surface area contributed by atoms with E-state index in [1.165, 1.54) is 0 Å². The summed E-state index contributed by atoms with van der Waals surface area (Å²) in [5.74, 6) is 0. The molecule has 0 rings (SSSR count). The van der Waals surface area contributed by atoms with E-state index >= 15 is 0 Å². The Morgan fingerprint density at radius 1 is 1.25 bits per heavy atom. The van der Waals surface area contributed by atoms with Crippen LogP contribution in [0.3, 0.4) is 0 Å². The van der Waals surface area contributed by atoms with Gasteiger partial charge in [-0.15, -0.1) is 0 Å². The van der Waals surface area contributed by atoms with E-state index in [4.69, 9.17) is 2.81 Å². The van der Waals surface area contributed by atoms with Gasteiger partial charge in [-0.05, 0) is 0 Å². The van der Waals surface area contributed by atoms with Crippen LogP contribution in [0.5, 0.6) is 0 Å². The van der Waals surface area contributed by atoms with Crippen molar-refractivity contribution < 1.29 is 89.0 Å². The summed E-state index contributed by atoms with van der Waals surface area (Å²) in [6.07, 6.45) is 0. The Bertz CT molecular complexity index is 8.00. The van der Waals surface area contributed by atoms with Gasteiger partial charge in [0.25, 0.3) is 0 Å². The third-order valence-corrected chi connectivity index (χ3v) is 0. The van der Waals surface area contributed by atoms with Crippen LogP contribution >= 0.6 is 0 Å². The van der Waals surface area contributed by atoms with E-state index in [2.05, 4.69) is 0 Å². The molecule has 0 aliphatic carbocycles. The summed E-state index contributed by atoms with van der Waals surface area (Å²) < 4.78 is 8.34. The van der Waals surface area contributed by atoms with Crippen molar-refractivity contribution >= 4 is 0 Å². The molecule has 1 radical (unpaired) electrons. The van der Waals surface area contributed by atoms with Gasteiger partial charge in [0.05, 0.1) is 0 Å². The molecule has 0 aliphatic heterocycles. The first-order chi connectivity index (χ1) is 1.00. The van der Waals surface area contributed by atoms with Crippen LogP contribution in [0.4, 0.5) is 0 Å². The van der Waals surface area contributed by atoms with Gasteiger partial charge < -0.3 is 0 Å². The van der Waals surface area contributed by atoms with Crippen LogP contribution in [0.15, 0.2) is 0 Å². The van der Waals surface area contributed by atoms with E-state index < -0.39 is 0 Å². The van der Waals surface area contributed by atoms with E-state index in [1.807, 2.05) is 0 Å². The van der Waals surface area contributed by atoms with Crippen molar-refractivity contribution in [3.05, 3.63) is 0 Å². The van der Waals surface area contributed by atoms with E-state index in [9.17, 15) is 0 Å². The van der Waals surface area contributed by atoms with Gasteiger partial charge in [0, 0.05) is 61.4 Å². The molecule has 0 saturated heterocycles. The zero-order valence-corrected chi connectivity index (χ0v) is 11.7. The topological polar surface area (TPSA) is 17.1 Å². The van der Waals surface area contributed by atoms with Crippen LogP contribution in [-0.4, -0.2) is 0 Å². The molecule has 0 aliphatic rings. The van der Waals surface area contributed by atoms with Crippen LogP contribution in [0.25, 0.3) is 0 Å².